The van der Waals surface area contributed by atoms with Crippen LogP contribution in [0.2, 0.25) is 0 Å². The van der Waals surface area contributed by atoms with Crippen molar-refractivity contribution in [3.05, 3.63) is 18.2 Å². The minimum absolute atomic E-state index is 0.0525. The highest BCUT2D eigenvalue weighted by Crippen LogP contribution is 2.05. The zero-order valence-corrected chi connectivity index (χ0v) is 20.6. The number of guanidine groups is 1. The van der Waals surface area contributed by atoms with Crippen molar-refractivity contribution in [2.75, 3.05) is 19.7 Å². The maximum absolute atomic E-state index is 12.9. The Kier molecular flexibility index (Phi) is 14.2. The predicted octanol–water partition coefficient (Wildman–Crippen LogP) is -4.01. The molecule has 0 bridgehead atoms. The van der Waals surface area contributed by atoms with Crippen molar-refractivity contribution in [1.29, 1.82) is 0 Å². The fraction of sp³-hybridized carbons (Fsp3) is 0.619. The molecule has 1 rings (SSSR count). The van der Waals surface area contributed by atoms with E-state index >= 15 is 0 Å². The summed E-state index contributed by atoms with van der Waals surface area (Å²) in [5, 5.41) is 26.4. The standard InChI is InChI=1S/C21H38N10O6/c22-6-2-1-5-14(20(36)37)29-18(34)15(8-12-9-26-11-28-12)30-19(35)16(10-32)31-17(33)13(23)4-3-7-27-21(24)25/h9,11,13-16,32H,1-8,10,22-23H2,(H,26,28)(H,29,34)(H,30,35)(H,31,33)(H,36,37)(H4,24,25,27). The summed E-state index contributed by atoms with van der Waals surface area (Å²) in [7, 11) is 0. The maximum Gasteiger partial charge on any atom is 0.326 e. The topological polar surface area (TPSA) is 290 Å². The van der Waals surface area contributed by atoms with E-state index < -0.39 is 54.5 Å². The lowest BCUT2D eigenvalue weighted by Gasteiger charge is -2.24. The molecule has 0 saturated heterocycles. The molecule has 0 aliphatic carbocycles. The van der Waals surface area contributed by atoms with E-state index in [2.05, 4.69) is 30.9 Å². The van der Waals surface area contributed by atoms with E-state index in [0.717, 1.165) is 0 Å². The number of carbonyl (C=O) groups is 4. The fourth-order valence-electron chi connectivity index (χ4n) is 3.24. The van der Waals surface area contributed by atoms with Gasteiger partial charge in [-0.1, -0.05) is 0 Å². The van der Waals surface area contributed by atoms with Gasteiger partial charge in [0.2, 0.25) is 17.7 Å². The van der Waals surface area contributed by atoms with Gasteiger partial charge in [-0.25, -0.2) is 9.78 Å². The van der Waals surface area contributed by atoms with Gasteiger partial charge in [0.1, 0.15) is 18.1 Å². The molecular formula is C21H38N10O6. The molecule has 208 valence electrons. The Morgan fingerprint density at radius 2 is 1.62 bits per heavy atom. The van der Waals surface area contributed by atoms with Crippen LogP contribution in [0.15, 0.2) is 17.5 Å². The van der Waals surface area contributed by atoms with Gasteiger partial charge in [0.05, 0.1) is 19.0 Å². The molecule has 0 spiro atoms. The van der Waals surface area contributed by atoms with Crippen molar-refractivity contribution >= 4 is 29.7 Å². The smallest absolute Gasteiger partial charge is 0.326 e. The number of carboxylic acid groups (broad SMARTS) is 1. The molecule has 16 heteroatoms. The molecule has 4 atom stereocenters. The second kappa shape index (κ2) is 16.8. The average molecular weight is 527 g/mol. The molecule has 0 aliphatic heterocycles. The third-order valence-electron chi connectivity index (χ3n) is 5.29. The summed E-state index contributed by atoms with van der Waals surface area (Å²) < 4.78 is 0. The van der Waals surface area contributed by atoms with Gasteiger partial charge in [0.25, 0.3) is 0 Å². The first-order valence-electron chi connectivity index (χ1n) is 11.8. The second-order valence-corrected chi connectivity index (χ2v) is 8.33. The van der Waals surface area contributed by atoms with Gasteiger partial charge in [0.15, 0.2) is 5.96 Å². The minimum atomic E-state index is -1.41. The number of H-pyrrole nitrogens is 1. The fourth-order valence-corrected chi connectivity index (χ4v) is 3.24. The summed E-state index contributed by atoms with van der Waals surface area (Å²) in [4.78, 5) is 60.2. The van der Waals surface area contributed by atoms with Crippen LogP contribution >= 0.6 is 0 Å². The number of nitrogens with one attached hydrogen (secondary N) is 4. The minimum Gasteiger partial charge on any atom is -0.480 e. The Balaban J connectivity index is 2.84. The monoisotopic (exact) mass is 526 g/mol. The van der Waals surface area contributed by atoms with Crippen LogP contribution in [0.5, 0.6) is 0 Å². The first-order valence-corrected chi connectivity index (χ1v) is 11.8. The number of imidazole rings is 1. The summed E-state index contributed by atoms with van der Waals surface area (Å²) in [5.74, 6) is -3.64. The lowest BCUT2D eigenvalue weighted by Crippen LogP contribution is -2.58. The van der Waals surface area contributed by atoms with E-state index in [-0.39, 0.29) is 31.8 Å². The van der Waals surface area contributed by atoms with Crippen molar-refractivity contribution in [2.45, 2.75) is 62.7 Å². The van der Waals surface area contributed by atoms with Crippen LogP contribution in [0.25, 0.3) is 0 Å². The summed E-state index contributed by atoms with van der Waals surface area (Å²) in [6.45, 7) is -0.123. The number of nitrogens with zero attached hydrogens (tertiary/aromatic N) is 2. The Labute approximate surface area is 214 Å². The number of aliphatic carboxylic acids is 1. The van der Waals surface area contributed by atoms with E-state index in [0.29, 0.717) is 31.5 Å². The summed E-state index contributed by atoms with van der Waals surface area (Å²) >= 11 is 0. The molecule has 1 aromatic heterocycles. The second-order valence-electron chi connectivity index (χ2n) is 8.33. The molecule has 3 amide bonds. The number of rotatable bonds is 18. The van der Waals surface area contributed by atoms with Crippen molar-refractivity contribution in [3.8, 4) is 0 Å². The third kappa shape index (κ3) is 12.2. The molecule has 0 aromatic carbocycles. The van der Waals surface area contributed by atoms with E-state index in [1.807, 2.05) is 0 Å². The van der Waals surface area contributed by atoms with Crippen molar-refractivity contribution in [3.63, 3.8) is 0 Å². The zero-order chi connectivity index (χ0) is 27.8. The van der Waals surface area contributed by atoms with Gasteiger partial charge < -0.3 is 54.1 Å². The number of hydrogen-bond donors (Lipinski definition) is 10. The number of aromatic nitrogens is 2. The average Bonchev–Trinajstić information content (AvgIpc) is 3.36. The number of carboxylic acids is 1. The number of nitrogens with two attached hydrogens (primary N) is 4. The first kappa shape index (κ1) is 31.3. The molecule has 0 saturated carbocycles. The Morgan fingerprint density at radius 3 is 2.19 bits per heavy atom. The predicted molar refractivity (Wildman–Crippen MR) is 134 cm³/mol. The number of hydrogen-bond acceptors (Lipinski definition) is 9. The molecule has 0 fully saturated rings. The third-order valence-corrected chi connectivity index (χ3v) is 5.29. The van der Waals surface area contributed by atoms with Crippen LogP contribution in [-0.4, -0.2) is 93.7 Å². The molecule has 1 aromatic rings. The number of aromatic amines is 1. The Bertz CT molecular complexity index is 890. The molecule has 1 heterocycles. The molecule has 37 heavy (non-hydrogen) atoms. The Hall–Kier alpha value is -3.76. The summed E-state index contributed by atoms with van der Waals surface area (Å²) in [6.07, 6.45) is 4.61. The summed E-state index contributed by atoms with van der Waals surface area (Å²) in [5.41, 5.74) is 22.2. The van der Waals surface area contributed by atoms with Gasteiger partial charge in [-0.15, -0.1) is 0 Å². The van der Waals surface area contributed by atoms with Crippen molar-refractivity contribution in [2.24, 2.45) is 27.9 Å². The molecular weight excluding hydrogens is 488 g/mol. The highest BCUT2D eigenvalue weighted by Gasteiger charge is 2.30. The zero-order valence-electron chi connectivity index (χ0n) is 20.6. The van der Waals surface area contributed by atoms with Crippen LogP contribution in [0.4, 0.5) is 0 Å². The molecule has 0 radical (unpaired) electrons. The first-order chi connectivity index (χ1) is 17.6. The summed E-state index contributed by atoms with van der Waals surface area (Å²) in [6, 6.07) is -4.83. The van der Waals surface area contributed by atoms with Gasteiger partial charge in [-0.2, -0.15) is 0 Å². The number of carbonyl (C=O) groups excluding carboxylic acids is 3. The highest BCUT2D eigenvalue weighted by molar-refractivity contribution is 5.94. The number of unbranched alkanes of at least 4 members (excludes halogenated alkanes) is 1. The van der Waals surface area contributed by atoms with E-state index in [1.165, 1.54) is 12.5 Å². The quantitative estimate of drug-likeness (QED) is 0.0499. The Morgan fingerprint density at radius 1 is 0.973 bits per heavy atom. The molecule has 4 unspecified atom stereocenters. The lowest BCUT2D eigenvalue weighted by atomic mass is 10.1. The van der Waals surface area contributed by atoms with Crippen LogP contribution in [-0.2, 0) is 25.6 Å². The number of aliphatic hydroxyl groups excluding tert-OH is 1. The highest BCUT2D eigenvalue weighted by atomic mass is 16.4. The molecule has 14 N–H and O–H groups in total. The van der Waals surface area contributed by atoms with E-state index in [1.54, 1.807) is 0 Å². The van der Waals surface area contributed by atoms with Crippen LogP contribution in [0, 0.1) is 0 Å². The number of aliphatic imine (C=N–C) groups is 1. The maximum atomic E-state index is 12.9. The van der Waals surface area contributed by atoms with Crippen molar-refractivity contribution in [1.82, 2.24) is 25.9 Å². The van der Waals surface area contributed by atoms with E-state index in [4.69, 9.17) is 22.9 Å². The largest absolute Gasteiger partial charge is 0.480 e. The van der Waals surface area contributed by atoms with Gasteiger partial charge >= 0.3 is 5.97 Å². The number of aliphatic hydroxyl groups is 1. The normalized spacial score (nSPS) is 14.0. The van der Waals surface area contributed by atoms with Gasteiger partial charge in [0, 0.05) is 24.9 Å². The van der Waals surface area contributed by atoms with E-state index in [9.17, 15) is 29.4 Å². The molecule has 16 nitrogen and oxygen atoms in total. The van der Waals surface area contributed by atoms with Crippen LogP contribution in [0.3, 0.4) is 0 Å². The van der Waals surface area contributed by atoms with Crippen LogP contribution in [0.1, 0.15) is 37.8 Å². The number of amides is 3. The lowest BCUT2D eigenvalue weighted by molar-refractivity contribution is -0.142. The van der Waals surface area contributed by atoms with Crippen molar-refractivity contribution < 1.29 is 29.4 Å². The molecule has 0 aliphatic rings. The van der Waals surface area contributed by atoms with Gasteiger partial charge in [-0.3, -0.25) is 19.4 Å². The SMILES string of the molecule is NCCCCC(NC(=O)C(Cc1cnc[nH]1)NC(=O)C(CO)NC(=O)C(N)CCCN=C(N)N)C(=O)O. The van der Waals surface area contributed by atoms with Gasteiger partial charge in [-0.05, 0) is 38.6 Å². The van der Waals surface area contributed by atoms with Crippen LogP contribution < -0.4 is 38.9 Å².